The summed E-state index contributed by atoms with van der Waals surface area (Å²) < 4.78 is 59.1. The molecule has 2 aromatic carbocycles. The molecule has 0 radical (unpaired) electrons. The highest BCUT2D eigenvalue weighted by Gasteiger charge is 2.49. The first-order valence-electron chi connectivity index (χ1n) is 11.3. The quantitative estimate of drug-likeness (QED) is 0.420. The maximum absolute atomic E-state index is 15.0. The Kier molecular flexibility index (Phi) is 5.85. The van der Waals surface area contributed by atoms with E-state index in [0.29, 0.717) is 18.4 Å². The number of carbonyl (C=O) groups is 1. The number of halogens is 4. The van der Waals surface area contributed by atoms with Crippen molar-refractivity contribution in [2.75, 3.05) is 13.7 Å². The molecule has 180 valence electrons. The van der Waals surface area contributed by atoms with Crippen LogP contribution in [0.25, 0.3) is 10.9 Å². The van der Waals surface area contributed by atoms with Crippen LogP contribution in [0, 0.1) is 5.82 Å². The molecule has 0 spiro atoms. The van der Waals surface area contributed by atoms with Crippen LogP contribution < -0.4 is 5.32 Å². The lowest BCUT2D eigenvalue weighted by atomic mass is 9.79. The van der Waals surface area contributed by atoms with E-state index in [-0.39, 0.29) is 6.42 Å². The Labute approximate surface area is 194 Å². The summed E-state index contributed by atoms with van der Waals surface area (Å²) in [6.45, 7) is -1.13. The third kappa shape index (κ3) is 4.07. The van der Waals surface area contributed by atoms with Crippen molar-refractivity contribution < 1.29 is 27.1 Å². The normalized spacial score (nSPS) is 25.1. The molecule has 3 aromatic rings. The standard InChI is InChI=1S/C25H25F4N3O2/c1-34-24(33)22-12-17-15-6-3-5-9-19(15)31-23(17)21-11-14(30-13-25(27,28)29)10-20(32(21)22)16-7-2-4-8-18(16)26/h2-9,14,20-22,30-31H,10-13H2,1H3/t14-,20-,21+,22-/m0/s1. The molecule has 1 saturated heterocycles. The van der Waals surface area contributed by atoms with Gasteiger partial charge in [0.2, 0.25) is 0 Å². The van der Waals surface area contributed by atoms with Gasteiger partial charge in [0.15, 0.2) is 0 Å². The van der Waals surface area contributed by atoms with Crippen LogP contribution in [0.15, 0.2) is 48.5 Å². The fraction of sp³-hybridized carbons (Fsp3) is 0.400. The largest absolute Gasteiger partial charge is 0.468 e. The molecule has 0 bridgehead atoms. The van der Waals surface area contributed by atoms with Crippen molar-refractivity contribution in [2.45, 2.75) is 49.6 Å². The molecule has 0 amide bonds. The van der Waals surface area contributed by atoms with Gasteiger partial charge in [0, 0.05) is 40.7 Å². The first kappa shape index (κ1) is 22.9. The molecule has 5 rings (SSSR count). The number of H-pyrrole nitrogens is 1. The van der Waals surface area contributed by atoms with E-state index in [4.69, 9.17) is 4.74 Å². The van der Waals surface area contributed by atoms with Crippen molar-refractivity contribution in [1.29, 1.82) is 0 Å². The zero-order valence-electron chi connectivity index (χ0n) is 18.5. The summed E-state index contributed by atoms with van der Waals surface area (Å²) in [7, 11) is 1.32. The molecule has 2 N–H and O–H groups in total. The number of para-hydroxylation sites is 1. The summed E-state index contributed by atoms with van der Waals surface area (Å²) in [5, 5.41) is 3.60. The van der Waals surface area contributed by atoms with Gasteiger partial charge in [-0.25, -0.2) is 4.39 Å². The number of rotatable bonds is 4. The average molecular weight is 475 g/mol. The van der Waals surface area contributed by atoms with Gasteiger partial charge in [0.05, 0.1) is 19.7 Å². The monoisotopic (exact) mass is 475 g/mol. The number of ether oxygens (including phenoxy) is 1. The van der Waals surface area contributed by atoms with Gasteiger partial charge in [-0.2, -0.15) is 13.2 Å². The number of carbonyl (C=O) groups excluding carboxylic acids is 1. The minimum absolute atomic E-state index is 0.233. The number of alkyl halides is 3. The Morgan fingerprint density at radius 3 is 2.56 bits per heavy atom. The van der Waals surface area contributed by atoms with Crippen LogP contribution in [0.2, 0.25) is 0 Å². The molecule has 1 fully saturated rings. The molecule has 0 unspecified atom stereocenters. The van der Waals surface area contributed by atoms with Crippen molar-refractivity contribution in [2.24, 2.45) is 0 Å². The Morgan fingerprint density at radius 2 is 1.82 bits per heavy atom. The number of nitrogens with zero attached hydrogens (tertiary/aromatic N) is 1. The minimum Gasteiger partial charge on any atom is -0.468 e. The van der Waals surface area contributed by atoms with Gasteiger partial charge >= 0.3 is 12.1 Å². The lowest BCUT2D eigenvalue weighted by molar-refractivity contribution is -0.152. The number of methoxy groups -OCH3 is 1. The number of aromatic amines is 1. The number of esters is 1. The van der Waals surface area contributed by atoms with Gasteiger partial charge in [-0.05, 0) is 30.5 Å². The Bertz CT molecular complexity index is 1210. The van der Waals surface area contributed by atoms with Crippen LogP contribution in [0.1, 0.15) is 41.7 Å². The summed E-state index contributed by atoms with van der Waals surface area (Å²) in [5.41, 5.74) is 3.07. The third-order valence-electron chi connectivity index (χ3n) is 7.00. The van der Waals surface area contributed by atoms with Crippen molar-refractivity contribution in [3.8, 4) is 0 Å². The molecule has 0 saturated carbocycles. The number of fused-ring (bicyclic) bond motifs is 5. The molecular weight excluding hydrogens is 450 g/mol. The Hall–Kier alpha value is -2.91. The van der Waals surface area contributed by atoms with Gasteiger partial charge < -0.3 is 15.0 Å². The molecular formula is C25H25F4N3O2. The number of hydrogen-bond acceptors (Lipinski definition) is 4. The van der Waals surface area contributed by atoms with E-state index < -0.39 is 48.7 Å². The van der Waals surface area contributed by atoms with Crippen LogP contribution in [0.4, 0.5) is 17.6 Å². The van der Waals surface area contributed by atoms with Crippen molar-refractivity contribution >= 4 is 16.9 Å². The Balaban J connectivity index is 1.63. The van der Waals surface area contributed by atoms with E-state index in [1.807, 2.05) is 29.2 Å². The maximum Gasteiger partial charge on any atom is 0.401 e. The first-order valence-corrected chi connectivity index (χ1v) is 11.3. The van der Waals surface area contributed by atoms with Gasteiger partial charge in [-0.1, -0.05) is 36.4 Å². The van der Waals surface area contributed by atoms with Crippen LogP contribution >= 0.6 is 0 Å². The summed E-state index contributed by atoms with van der Waals surface area (Å²) in [4.78, 5) is 18.3. The van der Waals surface area contributed by atoms with Gasteiger partial charge in [-0.3, -0.25) is 9.69 Å². The summed E-state index contributed by atoms with van der Waals surface area (Å²) in [5.74, 6) is -0.891. The second kappa shape index (κ2) is 8.70. The van der Waals surface area contributed by atoms with Crippen LogP contribution in [-0.2, 0) is 16.0 Å². The molecule has 34 heavy (non-hydrogen) atoms. The van der Waals surface area contributed by atoms with Crippen molar-refractivity contribution in [3.63, 3.8) is 0 Å². The summed E-state index contributed by atoms with van der Waals surface area (Å²) in [6.07, 6.45) is -3.42. The predicted octanol–water partition coefficient (Wildman–Crippen LogP) is 4.80. The molecule has 9 heteroatoms. The van der Waals surface area contributed by atoms with E-state index >= 15 is 0 Å². The number of piperidine rings is 1. The maximum atomic E-state index is 15.0. The molecule has 2 aliphatic rings. The number of hydrogen-bond donors (Lipinski definition) is 2. The van der Waals surface area contributed by atoms with E-state index in [0.717, 1.165) is 22.2 Å². The molecule has 1 aromatic heterocycles. The van der Waals surface area contributed by atoms with Gasteiger partial charge in [0.1, 0.15) is 11.9 Å². The topological polar surface area (TPSA) is 57.4 Å². The first-order chi connectivity index (χ1) is 16.3. The smallest absolute Gasteiger partial charge is 0.401 e. The number of nitrogens with one attached hydrogen (secondary N) is 2. The number of aromatic nitrogens is 1. The van der Waals surface area contributed by atoms with E-state index in [9.17, 15) is 22.4 Å². The second-order valence-corrected chi connectivity index (χ2v) is 8.97. The van der Waals surface area contributed by atoms with E-state index in [1.54, 1.807) is 18.2 Å². The lowest BCUT2D eigenvalue weighted by Gasteiger charge is -2.50. The molecule has 3 heterocycles. The fourth-order valence-electron chi connectivity index (χ4n) is 5.62. The van der Waals surface area contributed by atoms with Crippen molar-refractivity contribution in [1.82, 2.24) is 15.2 Å². The minimum atomic E-state index is -4.36. The van der Waals surface area contributed by atoms with Crippen LogP contribution in [0.3, 0.4) is 0 Å². The summed E-state index contributed by atoms with van der Waals surface area (Å²) >= 11 is 0. The van der Waals surface area contributed by atoms with Crippen LogP contribution in [-0.4, -0.2) is 47.8 Å². The van der Waals surface area contributed by atoms with Crippen LogP contribution in [0.5, 0.6) is 0 Å². The molecule has 2 aliphatic heterocycles. The average Bonchev–Trinajstić information content (AvgIpc) is 3.20. The molecule has 4 atom stereocenters. The molecule has 5 nitrogen and oxygen atoms in total. The van der Waals surface area contributed by atoms with Gasteiger partial charge in [-0.15, -0.1) is 0 Å². The van der Waals surface area contributed by atoms with Gasteiger partial charge in [0.25, 0.3) is 0 Å². The SMILES string of the molecule is COC(=O)[C@@H]1Cc2c([nH]c3ccccc23)[C@H]2C[C@@H](NCC(F)(F)F)C[C@@H](c3ccccc3F)N21. The zero-order chi connectivity index (χ0) is 24.0. The predicted molar refractivity (Wildman–Crippen MR) is 119 cm³/mol. The number of benzene rings is 2. The molecule has 0 aliphatic carbocycles. The highest BCUT2D eigenvalue weighted by atomic mass is 19.4. The highest BCUT2D eigenvalue weighted by molar-refractivity contribution is 5.87. The Morgan fingerprint density at radius 1 is 1.12 bits per heavy atom. The lowest BCUT2D eigenvalue weighted by Crippen LogP contribution is -2.56. The highest BCUT2D eigenvalue weighted by Crippen LogP contribution is 2.49. The van der Waals surface area contributed by atoms with E-state index in [1.165, 1.54) is 13.2 Å². The van der Waals surface area contributed by atoms with E-state index in [2.05, 4.69) is 10.3 Å². The summed E-state index contributed by atoms with van der Waals surface area (Å²) in [6, 6.07) is 11.7. The fourth-order valence-corrected chi connectivity index (χ4v) is 5.62. The zero-order valence-corrected chi connectivity index (χ0v) is 18.5. The van der Waals surface area contributed by atoms with Crippen molar-refractivity contribution in [3.05, 3.63) is 71.2 Å². The second-order valence-electron chi connectivity index (χ2n) is 8.97. The third-order valence-corrected chi connectivity index (χ3v) is 7.00.